The molecule has 1 N–H and O–H groups in total. The highest BCUT2D eigenvalue weighted by molar-refractivity contribution is 8.00. The molecule has 0 spiro atoms. The molecular formula is C22H25FN2O2S. The Morgan fingerprint density at radius 1 is 1.04 bits per heavy atom. The van der Waals surface area contributed by atoms with Gasteiger partial charge in [0, 0.05) is 30.4 Å². The van der Waals surface area contributed by atoms with Gasteiger partial charge in [-0.2, -0.15) is 0 Å². The normalized spacial score (nSPS) is 14.7. The van der Waals surface area contributed by atoms with Crippen LogP contribution in [0.15, 0.2) is 59.5 Å². The number of carbonyl (C=O) groups is 2. The number of nitrogens with zero attached hydrogens (tertiary/aromatic N) is 1. The number of benzene rings is 2. The predicted octanol–water partition coefficient (Wildman–Crippen LogP) is 3.66. The molecule has 3 rings (SSSR count). The molecule has 1 aliphatic rings. The molecule has 0 bridgehead atoms. The highest BCUT2D eigenvalue weighted by Gasteiger charge is 2.23. The Morgan fingerprint density at radius 3 is 2.39 bits per heavy atom. The molecule has 6 heteroatoms. The van der Waals surface area contributed by atoms with E-state index in [9.17, 15) is 14.0 Å². The van der Waals surface area contributed by atoms with Gasteiger partial charge in [0.25, 0.3) is 0 Å². The van der Waals surface area contributed by atoms with Gasteiger partial charge in [-0.1, -0.05) is 30.3 Å². The first-order valence-corrected chi connectivity index (χ1v) is 10.6. The van der Waals surface area contributed by atoms with Crippen LogP contribution in [-0.4, -0.2) is 41.6 Å². The summed E-state index contributed by atoms with van der Waals surface area (Å²) in [6, 6.07) is 16.3. The summed E-state index contributed by atoms with van der Waals surface area (Å²) < 4.78 is 12.9. The molecule has 0 aliphatic carbocycles. The van der Waals surface area contributed by atoms with E-state index >= 15 is 0 Å². The molecule has 0 atom stereocenters. The molecule has 0 aromatic heterocycles. The van der Waals surface area contributed by atoms with Crippen molar-refractivity contribution in [2.75, 3.05) is 18.8 Å². The SMILES string of the molecule is O=C(CCc1ccccc1)NC1CCN(C(=O)CSc2ccc(F)cc2)CC1. The maximum Gasteiger partial charge on any atom is 0.232 e. The number of likely N-dealkylation sites (tertiary alicyclic amines) is 1. The van der Waals surface area contributed by atoms with Gasteiger partial charge < -0.3 is 10.2 Å². The molecule has 1 saturated heterocycles. The van der Waals surface area contributed by atoms with Gasteiger partial charge in [-0.25, -0.2) is 4.39 Å². The Morgan fingerprint density at radius 2 is 1.71 bits per heavy atom. The van der Waals surface area contributed by atoms with Crippen LogP contribution in [0.1, 0.15) is 24.8 Å². The zero-order valence-electron chi connectivity index (χ0n) is 15.8. The minimum Gasteiger partial charge on any atom is -0.353 e. The van der Waals surface area contributed by atoms with Crippen LogP contribution in [0.25, 0.3) is 0 Å². The fraction of sp³-hybridized carbons (Fsp3) is 0.364. The smallest absolute Gasteiger partial charge is 0.232 e. The first-order chi connectivity index (χ1) is 13.6. The number of rotatable bonds is 7. The molecule has 1 heterocycles. The van der Waals surface area contributed by atoms with Crippen molar-refractivity contribution in [1.29, 1.82) is 0 Å². The second kappa shape index (κ2) is 10.3. The number of nitrogens with one attached hydrogen (secondary N) is 1. The molecule has 4 nitrogen and oxygen atoms in total. The van der Waals surface area contributed by atoms with Gasteiger partial charge in [0.05, 0.1) is 5.75 Å². The summed E-state index contributed by atoms with van der Waals surface area (Å²) in [5.74, 6) is 0.229. The summed E-state index contributed by atoms with van der Waals surface area (Å²) in [5, 5.41) is 3.09. The van der Waals surface area contributed by atoms with Crippen molar-refractivity contribution in [3.8, 4) is 0 Å². The number of piperidine rings is 1. The third-order valence-electron chi connectivity index (χ3n) is 4.87. The Bertz CT molecular complexity index is 775. The third kappa shape index (κ3) is 6.37. The number of halogens is 1. The summed E-state index contributed by atoms with van der Waals surface area (Å²) in [6.07, 6.45) is 2.79. The number of amides is 2. The van der Waals surface area contributed by atoms with E-state index in [1.165, 1.54) is 23.9 Å². The maximum atomic E-state index is 12.9. The summed E-state index contributed by atoms with van der Waals surface area (Å²) in [4.78, 5) is 27.3. The van der Waals surface area contributed by atoms with E-state index in [2.05, 4.69) is 5.32 Å². The van der Waals surface area contributed by atoms with Crippen LogP contribution in [0, 0.1) is 5.82 Å². The lowest BCUT2D eigenvalue weighted by Crippen LogP contribution is -2.47. The molecule has 1 aliphatic heterocycles. The van der Waals surface area contributed by atoms with Gasteiger partial charge in [-0.15, -0.1) is 11.8 Å². The van der Waals surface area contributed by atoms with Crippen molar-refractivity contribution >= 4 is 23.6 Å². The van der Waals surface area contributed by atoms with Crippen LogP contribution in [0.2, 0.25) is 0 Å². The van der Waals surface area contributed by atoms with Gasteiger partial charge in [0.1, 0.15) is 5.82 Å². The van der Waals surface area contributed by atoms with Gasteiger partial charge in [-0.3, -0.25) is 9.59 Å². The Balaban J connectivity index is 1.34. The molecule has 0 saturated carbocycles. The number of hydrogen-bond donors (Lipinski definition) is 1. The molecule has 0 radical (unpaired) electrons. The quantitative estimate of drug-likeness (QED) is 0.722. The lowest BCUT2D eigenvalue weighted by Gasteiger charge is -2.32. The number of aryl methyl sites for hydroxylation is 1. The number of carbonyl (C=O) groups excluding carboxylic acids is 2. The van der Waals surface area contributed by atoms with Crippen molar-refractivity contribution in [3.63, 3.8) is 0 Å². The molecule has 28 heavy (non-hydrogen) atoms. The molecule has 2 aromatic carbocycles. The molecular weight excluding hydrogens is 375 g/mol. The summed E-state index contributed by atoms with van der Waals surface area (Å²) >= 11 is 1.42. The van der Waals surface area contributed by atoms with Crippen molar-refractivity contribution in [1.82, 2.24) is 10.2 Å². The van der Waals surface area contributed by atoms with Gasteiger partial charge in [0.15, 0.2) is 0 Å². The van der Waals surface area contributed by atoms with Crippen LogP contribution in [-0.2, 0) is 16.0 Å². The van der Waals surface area contributed by atoms with Crippen molar-refractivity contribution in [2.45, 2.75) is 36.6 Å². The third-order valence-corrected chi connectivity index (χ3v) is 5.87. The van der Waals surface area contributed by atoms with E-state index in [0.717, 1.165) is 29.7 Å². The van der Waals surface area contributed by atoms with E-state index in [1.54, 1.807) is 12.1 Å². The number of hydrogen-bond acceptors (Lipinski definition) is 3. The van der Waals surface area contributed by atoms with Crippen molar-refractivity contribution in [3.05, 3.63) is 66.0 Å². The fourth-order valence-electron chi connectivity index (χ4n) is 3.24. The van der Waals surface area contributed by atoms with E-state index in [0.29, 0.717) is 25.3 Å². The zero-order valence-corrected chi connectivity index (χ0v) is 16.6. The van der Waals surface area contributed by atoms with E-state index in [4.69, 9.17) is 0 Å². The van der Waals surface area contributed by atoms with Crippen molar-refractivity contribution < 1.29 is 14.0 Å². The second-order valence-corrected chi connectivity index (χ2v) is 8.00. The highest BCUT2D eigenvalue weighted by Crippen LogP contribution is 2.20. The average Bonchev–Trinajstić information content (AvgIpc) is 2.73. The lowest BCUT2D eigenvalue weighted by atomic mass is 10.0. The molecule has 1 fully saturated rings. The minimum atomic E-state index is -0.274. The van der Waals surface area contributed by atoms with Crippen LogP contribution in [0.3, 0.4) is 0 Å². The Hall–Kier alpha value is -2.34. The van der Waals surface area contributed by atoms with Crippen LogP contribution in [0.4, 0.5) is 4.39 Å². The Kier molecular flexibility index (Phi) is 7.48. The highest BCUT2D eigenvalue weighted by atomic mass is 32.2. The van der Waals surface area contributed by atoms with E-state index in [-0.39, 0.29) is 23.7 Å². The summed E-state index contributed by atoms with van der Waals surface area (Å²) in [7, 11) is 0. The monoisotopic (exact) mass is 400 g/mol. The largest absolute Gasteiger partial charge is 0.353 e. The first kappa shape index (κ1) is 20.4. The van der Waals surface area contributed by atoms with Crippen LogP contribution >= 0.6 is 11.8 Å². The fourth-order valence-corrected chi connectivity index (χ4v) is 4.04. The zero-order chi connectivity index (χ0) is 19.8. The summed E-state index contributed by atoms with van der Waals surface area (Å²) in [5.41, 5.74) is 1.16. The van der Waals surface area contributed by atoms with Crippen LogP contribution < -0.4 is 5.32 Å². The lowest BCUT2D eigenvalue weighted by molar-refractivity contribution is -0.129. The second-order valence-electron chi connectivity index (χ2n) is 6.95. The molecule has 0 unspecified atom stereocenters. The van der Waals surface area contributed by atoms with Gasteiger partial charge in [0.2, 0.25) is 11.8 Å². The van der Waals surface area contributed by atoms with E-state index < -0.39 is 0 Å². The van der Waals surface area contributed by atoms with Crippen LogP contribution in [0.5, 0.6) is 0 Å². The minimum absolute atomic E-state index is 0.0699. The van der Waals surface area contributed by atoms with Gasteiger partial charge in [-0.05, 0) is 49.1 Å². The first-order valence-electron chi connectivity index (χ1n) is 9.59. The maximum absolute atomic E-state index is 12.9. The summed E-state index contributed by atoms with van der Waals surface area (Å²) in [6.45, 7) is 1.32. The standard InChI is InChI=1S/C22H25FN2O2S/c23-18-7-9-20(10-8-18)28-16-22(27)25-14-12-19(13-15-25)24-21(26)11-6-17-4-2-1-3-5-17/h1-5,7-10,19H,6,11-16H2,(H,24,26). The predicted molar refractivity (Wildman–Crippen MR) is 110 cm³/mol. The molecule has 2 amide bonds. The van der Waals surface area contributed by atoms with E-state index in [1.807, 2.05) is 35.2 Å². The van der Waals surface area contributed by atoms with Crippen molar-refractivity contribution in [2.24, 2.45) is 0 Å². The topological polar surface area (TPSA) is 49.4 Å². The van der Waals surface area contributed by atoms with Gasteiger partial charge >= 0.3 is 0 Å². The molecule has 2 aromatic rings. The number of thioether (sulfide) groups is 1. The Labute approximate surface area is 169 Å². The molecule has 148 valence electrons. The average molecular weight is 401 g/mol.